The van der Waals surface area contributed by atoms with Crippen molar-refractivity contribution in [2.45, 2.75) is 12.1 Å². The van der Waals surface area contributed by atoms with Gasteiger partial charge in [0, 0.05) is 14.2 Å². The Bertz CT molecular complexity index is 369. The van der Waals surface area contributed by atoms with E-state index >= 15 is 0 Å². The van der Waals surface area contributed by atoms with Crippen molar-refractivity contribution < 1.29 is 18.4 Å². The highest BCUT2D eigenvalue weighted by Gasteiger charge is 2.34. The number of rotatable bonds is 6. The van der Waals surface area contributed by atoms with E-state index in [0.717, 1.165) is 5.56 Å². The predicted octanol–water partition coefficient (Wildman–Crippen LogP) is 2.19. The molecule has 1 aromatic carbocycles. The van der Waals surface area contributed by atoms with Gasteiger partial charge in [0.2, 0.25) is 6.29 Å². The van der Waals surface area contributed by atoms with Crippen LogP contribution in [0, 0.1) is 0 Å². The molecule has 5 heteroatoms. The first-order valence-electron chi connectivity index (χ1n) is 4.79. The van der Waals surface area contributed by atoms with Crippen LogP contribution in [0.5, 0.6) is 0 Å². The minimum absolute atomic E-state index is 0.295. The normalized spacial score (nSPS) is 13.4. The summed E-state index contributed by atoms with van der Waals surface area (Å²) in [7, 11) is -0.853. The average Bonchev–Trinajstić information content (AvgIpc) is 2.36. The first-order valence-corrected chi connectivity index (χ1v) is 6.40. The Morgan fingerprint density at radius 2 is 1.81 bits per heavy atom. The van der Waals surface area contributed by atoms with E-state index in [1.165, 1.54) is 14.2 Å². The Morgan fingerprint density at radius 3 is 2.25 bits per heavy atom. The van der Waals surface area contributed by atoms with E-state index in [9.17, 15) is 9.36 Å². The highest BCUT2D eigenvalue weighted by atomic mass is 31.2. The molecular weight excluding hydrogens is 227 g/mol. The molecule has 0 unspecified atom stereocenters. The Balaban J connectivity index is 2.84. The molecule has 0 aliphatic carbocycles. The molecule has 1 rings (SSSR count). The Morgan fingerprint density at radius 1 is 1.25 bits per heavy atom. The van der Waals surface area contributed by atoms with Gasteiger partial charge in [0.15, 0.2) is 0 Å². The standard InChI is InChI=1S/C11H14O4P/c1-14-16(13,15-2)11(9-12)8-10-6-4-3-5-7-10/h3-7,11H,8H2,1-2H3/t11-/m0/s1. The van der Waals surface area contributed by atoms with Crippen molar-refractivity contribution in [3.05, 3.63) is 35.9 Å². The lowest BCUT2D eigenvalue weighted by Crippen LogP contribution is -2.16. The zero-order valence-corrected chi connectivity index (χ0v) is 10.1. The van der Waals surface area contributed by atoms with Crippen molar-refractivity contribution in [1.29, 1.82) is 0 Å². The molecule has 0 heterocycles. The van der Waals surface area contributed by atoms with E-state index in [0.29, 0.717) is 6.42 Å². The number of carbonyl (C=O) groups excluding carboxylic acids is 1. The molecule has 0 bridgehead atoms. The lowest BCUT2D eigenvalue weighted by molar-refractivity contribution is 0.271. The smallest absolute Gasteiger partial charge is 0.311 e. The van der Waals surface area contributed by atoms with Gasteiger partial charge in [0.25, 0.3) is 0 Å². The van der Waals surface area contributed by atoms with Gasteiger partial charge in [-0.15, -0.1) is 0 Å². The van der Waals surface area contributed by atoms with Gasteiger partial charge in [0.05, 0.1) is 0 Å². The molecule has 0 aromatic heterocycles. The van der Waals surface area contributed by atoms with Crippen LogP contribution in [0.25, 0.3) is 0 Å². The Kier molecular flexibility index (Phi) is 4.87. The Labute approximate surface area is 95.1 Å². The maximum absolute atomic E-state index is 12.0. The molecule has 1 radical (unpaired) electrons. The van der Waals surface area contributed by atoms with E-state index in [1.807, 2.05) is 30.3 Å². The first kappa shape index (κ1) is 13.1. The Hall–Kier alpha value is -0.960. The molecule has 0 N–H and O–H groups in total. The lowest BCUT2D eigenvalue weighted by atomic mass is 10.1. The minimum Gasteiger partial charge on any atom is -0.311 e. The molecule has 0 aliphatic rings. The van der Waals surface area contributed by atoms with Gasteiger partial charge in [-0.25, -0.2) is 0 Å². The third-order valence-electron chi connectivity index (χ3n) is 2.30. The third kappa shape index (κ3) is 3.01. The maximum atomic E-state index is 12.0. The van der Waals surface area contributed by atoms with Gasteiger partial charge in [0.1, 0.15) is 5.66 Å². The molecule has 1 aromatic rings. The highest BCUT2D eigenvalue weighted by molar-refractivity contribution is 7.55. The molecule has 1 atom stereocenters. The van der Waals surface area contributed by atoms with E-state index in [2.05, 4.69) is 0 Å². The van der Waals surface area contributed by atoms with Gasteiger partial charge in [-0.3, -0.25) is 9.36 Å². The van der Waals surface area contributed by atoms with Crippen LogP contribution < -0.4 is 0 Å². The summed E-state index contributed by atoms with van der Waals surface area (Å²) < 4.78 is 21.5. The summed E-state index contributed by atoms with van der Waals surface area (Å²) in [5.74, 6) is 0. The van der Waals surface area contributed by atoms with Crippen molar-refractivity contribution >= 4 is 13.9 Å². The molecule has 16 heavy (non-hydrogen) atoms. The predicted molar refractivity (Wildman–Crippen MR) is 61.3 cm³/mol. The number of hydrogen-bond donors (Lipinski definition) is 0. The molecule has 4 nitrogen and oxygen atoms in total. The monoisotopic (exact) mass is 241 g/mol. The molecule has 0 amide bonds. The van der Waals surface area contributed by atoms with E-state index in [-0.39, 0.29) is 0 Å². The zero-order valence-electron chi connectivity index (χ0n) is 9.25. The van der Waals surface area contributed by atoms with Gasteiger partial charge >= 0.3 is 7.60 Å². The van der Waals surface area contributed by atoms with E-state index < -0.39 is 13.3 Å². The summed E-state index contributed by atoms with van der Waals surface area (Å²) in [5, 5.41) is 0. The summed E-state index contributed by atoms with van der Waals surface area (Å²) in [6.07, 6.45) is 2.02. The van der Waals surface area contributed by atoms with Gasteiger partial charge in [-0.1, -0.05) is 30.3 Å². The largest absolute Gasteiger partial charge is 0.341 e. The van der Waals surface area contributed by atoms with Crippen LogP contribution in [0.15, 0.2) is 30.3 Å². The molecule has 0 saturated carbocycles. The van der Waals surface area contributed by atoms with Crippen LogP contribution in [0.4, 0.5) is 0 Å². The highest BCUT2D eigenvalue weighted by Crippen LogP contribution is 2.51. The fourth-order valence-corrected chi connectivity index (χ4v) is 2.61. The van der Waals surface area contributed by atoms with Crippen LogP contribution in [0.2, 0.25) is 0 Å². The summed E-state index contributed by atoms with van der Waals surface area (Å²) >= 11 is 0. The van der Waals surface area contributed by atoms with Crippen molar-refractivity contribution in [3.8, 4) is 0 Å². The molecule has 0 fully saturated rings. The van der Waals surface area contributed by atoms with Crippen molar-refractivity contribution in [2.24, 2.45) is 0 Å². The number of benzene rings is 1. The summed E-state index contributed by atoms with van der Waals surface area (Å²) in [5.41, 5.74) is 0.00933. The second-order valence-corrected chi connectivity index (χ2v) is 5.66. The second-order valence-electron chi connectivity index (χ2n) is 3.23. The summed E-state index contributed by atoms with van der Waals surface area (Å²) in [6.45, 7) is 0. The average molecular weight is 241 g/mol. The van der Waals surface area contributed by atoms with E-state index in [4.69, 9.17) is 9.05 Å². The molecule has 0 saturated heterocycles. The van der Waals surface area contributed by atoms with Gasteiger partial charge < -0.3 is 9.05 Å². The van der Waals surface area contributed by atoms with E-state index in [1.54, 1.807) is 6.29 Å². The van der Waals surface area contributed by atoms with Gasteiger partial charge in [-0.05, 0) is 12.0 Å². The van der Waals surface area contributed by atoms with Crippen LogP contribution in [0.1, 0.15) is 5.56 Å². The minimum atomic E-state index is -3.38. The maximum Gasteiger partial charge on any atom is 0.341 e. The van der Waals surface area contributed by atoms with Crippen LogP contribution in [-0.4, -0.2) is 26.2 Å². The topological polar surface area (TPSA) is 52.6 Å². The lowest BCUT2D eigenvalue weighted by Gasteiger charge is -2.19. The second kappa shape index (κ2) is 5.94. The van der Waals surface area contributed by atoms with Crippen molar-refractivity contribution in [2.75, 3.05) is 14.2 Å². The molecule has 0 spiro atoms. The summed E-state index contributed by atoms with van der Waals surface area (Å²) in [6, 6.07) is 9.26. The van der Waals surface area contributed by atoms with Crippen LogP contribution >= 0.6 is 7.60 Å². The fourth-order valence-electron chi connectivity index (χ4n) is 1.38. The number of hydrogen-bond acceptors (Lipinski definition) is 4. The molecule has 87 valence electrons. The third-order valence-corrected chi connectivity index (χ3v) is 4.37. The first-order chi connectivity index (χ1) is 7.66. The van der Waals surface area contributed by atoms with Crippen molar-refractivity contribution in [1.82, 2.24) is 0 Å². The van der Waals surface area contributed by atoms with Crippen molar-refractivity contribution in [3.63, 3.8) is 0 Å². The zero-order chi connectivity index (χ0) is 12.0. The quantitative estimate of drug-likeness (QED) is 0.716. The SMILES string of the molecule is COP(=O)(OC)[C@H]([C]=O)Cc1ccccc1. The molecule has 0 aliphatic heterocycles. The molecular formula is C11H14O4P. The van der Waals surface area contributed by atoms with Gasteiger partial charge in [-0.2, -0.15) is 0 Å². The summed E-state index contributed by atoms with van der Waals surface area (Å²) in [4.78, 5) is 10.8. The van der Waals surface area contributed by atoms with Crippen LogP contribution in [-0.2, 0) is 24.8 Å². The van der Waals surface area contributed by atoms with Crippen LogP contribution in [0.3, 0.4) is 0 Å². The fraction of sp³-hybridized carbons (Fsp3) is 0.364.